The maximum Gasteiger partial charge on any atom is 0.253 e. The van der Waals surface area contributed by atoms with Crippen LogP contribution in [0.4, 0.5) is 0 Å². The number of aliphatic hydroxyl groups is 1. The molecule has 1 aliphatic heterocycles. The molecule has 26 heavy (non-hydrogen) atoms. The molecule has 1 heterocycles. The predicted octanol–water partition coefficient (Wildman–Crippen LogP) is 3.08. The van der Waals surface area contributed by atoms with Gasteiger partial charge in [0.15, 0.2) is 0 Å². The average Bonchev–Trinajstić information content (AvgIpc) is 3.54. The fraction of sp³-hybridized carbons (Fsp3) is 0.409. The molecule has 2 aliphatic rings. The van der Waals surface area contributed by atoms with E-state index in [1.807, 2.05) is 59.5 Å². The highest BCUT2D eigenvalue weighted by Crippen LogP contribution is 2.28. The van der Waals surface area contributed by atoms with Crippen LogP contribution in [-0.2, 0) is 0 Å². The summed E-state index contributed by atoms with van der Waals surface area (Å²) in [6.45, 7) is 3.73. The van der Waals surface area contributed by atoms with Crippen LogP contribution in [0.1, 0.15) is 46.9 Å². The third-order valence-electron chi connectivity index (χ3n) is 5.47. The minimum Gasteiger partial charge on any atom is -0.384 e. The molecule has 4 heteroatoms. The van der Waals surface area contributed by atoms with Gasteiger partial charge in [0, 0.05) is 37.8 Å². The van der Waals surface area contributed by atoms with Crippen LogP contribution in [0.3, 0.4) is 0 Å². The van der Waals surface area contributed by atoms with Gasteiger partial charge in [0.1, 0.15) is 6.10 Å². The normalized spacial score (nSPS) is 19.8. The van der Waals surface area contributed by atoms with Gasteiger partial charge in [-0.2, -0.15) is 0 Å². The zero-order chi connectivity index (χ0) is 17.9. The first-order valence-corrected chi connectivity index (χ1v) is 9.58. The minimum atomic E-state index is -0.661. The van der Waals surface area contributed by atoms with Crippen molar-refractivity contribution in [2.24, 2.45) is 0 Å². The summed E-state index contributed by atoms with van der Waals surface area (Å²) >= 11 is 0. The van der Waals surface area contributed by atoms with Crippen molar-refractivity contribution in [3.8, 4) is 0 Å². The summed E-state index contributed by atoms with van der Waals surface area (Å²) in [5.41, 5.74) is 2.37. The van der Waals surface area contributed by atoms with Gasteiger partial charge < -0.3 is 10.0 Å². The van der Waals surface area contributed by atoms with Crippen molar-refractivity contribution in [1.29, 1.82) is 0 Å². The maximum absolute atomic E-state index is 12.8. The molecule has 1 N–H and O–H groups in total. The Morgan fingerprint density at radius 2 is 1.58 bits per heavy atom. The number of hydrogen-bond donors (Lipinski definition) is 1. The van der Waals surface area contributed by atoms with E-state index in [1.54, 1.807) is 0 Å². The molecular weight excluding hydrogens is 324 g/mol. The maximum atomic E-state index is 12.8. The molecule has 136 valence electrons. The van der Waals surface area contributed by atoms with Crippen LogP contribution in [-0.4, -0.2) is 53.0 Å². The SMILES string of the molecule is O=C(c1ccc(C(O)c2ccccc2)cc1)N1CCCN(C2CC2)CC1. The lowest BCUT2D eigenvalue weighted by Gasteiger charge is -2.22. The van der Waals surface area contributed by atoms with Crippen molar-refractivity contribution < 1.29 is 9.90 Å². The van der Waals surface area contributed by atoms with Crippen LogP contribution in [0.25, 0.3) is 0 Å². The first kappa shape index (κ1) is 17.3. The van der Waals surface area contributed by atoms with Gasteiger partial charge in [0.2, 0.25) is 0 Å². The number of amides is 1. The Bertz CT molecular complexity index is 740. The molecule has 1 amide bonds. The Kier molecular flexibility index (Phi) is 5.05. The molecule has 2 aromatic carbocycles. The van der Waals surface area contributed by atoms with Crippen LogP contribution < -0.4 is 0 Å². The van der Waals surface area contributed by atoms with E-state index in [-0.39, 0.29) is 5.91 Å². The zero-order valence-corrected chi connectivity index (χ0v) is 15.1. The summed E-state index contributed by atoms with van der Waals surface area (Å²) in [7, 11) is 0. The number of carbonyl (C=O) groups excluding carboxylic acids is 1. The molecule has 1 saturated carbocycles. The van der Waals surface area contributed by atoms with Gasteiger partial charge in [0.05, 0.1) is 0 Å². The van der Waals surface area contributed by atoms with Crippen molar-refractivity contribution in [3.05, 3.63) is 71.3 Å². The summed E-state index contributed by atoms with van der Waals surface area (Å²) in [5.74, 6) is 0.100. The Labute approximate surface area is 155 Å². The first-order valence-electron chi connectivity index (χ1n) is 9.58. The second-order valence-corrected chi connectivity index (χ2v) is 7.35. The highest BCUT2D eigenvalue weighted by molar-refractivity contribution is 5.94. The van der Waals surface area contributed by atoms with Gasteiger partial charge in [-0.25, -0.2) is 0 Å². The van der Waals surface area contributed by atoms with E-state index in [0.29, 0.717) is 5.56 Å². The van der Waals surface area contributed by atoms with Crippen molar-refractivity contribution in [2.45, 2.75) is 31.4 Å². The zero-order valence-electron chi connectivity index (χ0n) is 15.1. The van der Waals surface area contributed by atoms with Crippen molar-refractivity contribution in [2.75, 3.05) is 26.2 Å². The molecule has 1 saturated heterocycles. The molecule has 2 fully saturated rings. The van der Waals surface area contributed by atoms with Crippen LogP contribution in [0.15, 0.2) is 54.6 Å². The number of carbonyl (C=O) groups is 1. The third kappa shape index (κ3) is 3.81. The van der Waals surface area contributed by atoms with Gasteiger partial charge in [-0.3, -0.25) is 9.69 Å². The highest BCUT2D eigenvalue weighted by atomic mass is 16.3. The summed E-state index contributed by atoms with van der Waals surface area (Å²) in [4.78, 5) is 17.4. The molecule has 1 aliphatic carbocycles. The van der Waals surface area contributed by atoms with Crippen molar-refractivity contribution in [3.63, 3.8) is 0 Å². The Balaban J connectivity index is 1.42. The number of aliphatic hydroxyl groups excluding tert-OH is 1. The van der Waals surface area contributed by atoms with Crippen molar-refractivity contribution in [1.82, 2.24) is 9.80 Å². The van der Waals surface area contributed by atoms with E-state index in [4.69, 9.17) is 0 Å². The minimum absolute atomic E-state index is 0.100. The topological polar surface area (TPSA) is 43.8 Å². The molecule has 0 spiro atoms. The summed E-state index contributed by atoms with van der Waals surface area (Å²) in [6, 6.07) is 17.8. The first-order chi connectivity index (χ1) is 12.7. The molecule has 4 nitrogen and oxygen atoms in total. The fourth-order valence-corrected chi connectivity index (χ4v) is 3.76. The van der Waals surface area contributed by atoms with E-state index in [0.717, 1.165) is 49.8 Å². The number of nitrogens with zero attached hydrogens (tertiary/aromatic N) is 2. The molecule has 0 bridgehead atoms. The van der Waals surface area contributed by atoms with Crippen LogP contribution in [0.5, 0.6) is 0 Å². The molecule has 0 aromatic heterocycles. The second kappa shape index (κ2) is 7.60. The molecule has 1 atom stereocenters. The Hall–Kier alpha value is -2.17. The summed E-state index contributed by atoms with van der Waals surface area (Å²) in [5, 5.41) is 10.5. The van der Waals surface area contributed by atoms with Gasteiger partial charge in [0.25, 0.3) is 5.91 Å². The van der Waals surface area contributed by atoms with Gasteiger partial charge in [-0.05, 0) is 42.5 Å². The molecule has 2 aromatic rings. The Morgan fingerprint density at radius 3 is 2.27 bits per heavy atom. The lowest BCUT2D eigenvalue weighted by molar-refractivity contribution is 0.0761. The molecular formula is C22H26N2O2. The largest absolute Gasteiger partial charge is 0.384 e. The van der Waals surface area contributed by atoms with Gasteiger partial charge in [-0.15, -0.1) is 0 Å². The number of rotatable bonds is 4. The van der Waals surface area contributed by atoms with Crippen LogP contribution >= 0.6 is 0 Å². The predicted molar refractivity (Wildman–Crippen MR) is 102 cm³/mol. The van der Waals surface area contributed by atoms with Crippen LogP contribution in [0.2, 0.25) is 0 Å². The quantitative estimate of drug-likeness (QED) is 0.922. The van der Waals surface area contributed by atoms with Gasteiger partial charge in [-0.1, -0.05) is 42.5 Å². The average molecular weight is 350 g/mol. The number of benzene rings is 2. The van der Waals surface area contributed by atoms with E-state index >= 15 is 0 Å². The van der Waals surface area contributed by atoms with E-state index in [9.17, 15) is 9.90 Å². The summed E-state index contributed by atoms with van der Waals surface area (Å²) in [6.07, 6.45) is 3.02. The van der Waals surface area contributed by atoms with Crippen LogP contribution in [0, 0.1) is 0 Å². The van der Waals surface area contributed by atoms with Gasteiger partial charge >= 0.3 is 0 Å². The van der Waals surface area contributed by atoms with E-state index in [2.05, 4.69) is 4.90 Å². The number of hydrogen-bond acceptors (Lipinski definition) is 3. The second-order valence-electron chi connectivity index (χ2n) is 7.35. The summed E-state index contributed by atoms with van der Waals surface area (Å²) < 4.78 is 0. The fourth-order valence-electron chi connectivity index (χ4n) is 3.76. The smallest absolute Gasteiger partial charge is 0.253 e. The standard InChI is InChI=1S/C22H26N2O2/c25-21(17-5-2-1-3-6-17)18-7-9-19(10-8-18)22(26)24-14-4-13-23(15-16-24)20-11-12-20/h1-3,5-10,20-21,25H,4,11-16H2. The lowest BCUT2D eigenvalue weighted by Crippen LogP contribution is -2.35. The molecule has 0 radical (unpaired) electrons. The van der Waals surface area contributed by atoms with E-state index in [1.165, 1.54) is 12.8 Å². The Morgan fingerprint density at radius 1 is 0.885 bits per heavy atom. The highest BCUT2D eigenvalue weighted by Gasteiger charge is 2.30. The van der Waals surface area contributed by atoms with Crippen molar-refractivity contribution >= 4 is 5.91 Å². The molecule has 1 unspecified atom stereocenters. The lowest BCUT2D eigenvalue weighted by atomic mass is 10.0. The monoisotopic (exact) mass is 350 g/mol. The van der Waals surface area contributed by atoms with E-state index < -0.39 is 6.10 Å². The molecule has 4 rings (SSSR count). The third-order valence-corrected chi connectivity index (χ3v) is 5.47.